The predicted molar refractivity (Wildman–Crippen MR) is 90.4 cm³/mol. The molecule has 0 unspecified atom stereocenters. The summed E-state index contributed by atoms with van der Waals surface area (Å²) in [7, 11) is 1.59. The highest BCUT2D eigenvalue weighted by Gasteiger charge is 2.06. The lowest BCUT2D eigenvalue weighted by Gasteiger charge is -2.08. The van der Waals surface area contributed by atoms with Gasteiger partial charge in [-0.2, -0.15) is 0 Å². The number of nitrogens with zero attached hydrogens (tertiary/aromatic N) is 2. The minimum Gasteiger partial charge on any atom is -0.497 e. The van der Waals surface area contributed by atoms with Crippen molar-refractivity contribution >= 4 is 17.4 Å². The van der Waals surface area contributed by atoms with Crippen LogP contribution in [0.4, 0.5) is 11.5 Å². The number of amides is 1. The van der Waals surface area contributed by atoms with Crippen LogP contribution in [0, 0.1) is 10.1 Å². The fourth-order valence-corrected chi connectivity index (χ4v) is 1.86. The van der Waals surface area contributed by atoms with Crippen LogP contribution in [0.2, 0.25) is 0 Å². The lowest BCUT2D eigenvalue weighted by Crippen LogP contribution is -2.29. The number of rotatable bonds is 9. The van der Waals surface area contributed by atoms with E-state index in [1.54, 1.807) is 31.4 Å². The molecule has 0 aliphatic heterocycles. The van der Waals surface area contributed by atoms with Gasteiger partial charge in [-0.3, -0.25) is 25.8 Å². The maximum Gasteiger partial charge on any atom is 0.287 e. The first kappa shape index (κ1) is 18.0. The van der Waals surface area contributed by atoms with Gasteiger partial charge in [0.25, 0.3) is 5.69 Å². The minimum atomic E-state index is -0.543. The zero-order valence-electron chi connectivity index (χ0n) is 13.6. The van der Waals surface area contributed by atoms with Crippen LogP contribution in [-0.4, -0.2) is 29.5 Å². The molecule has 2 aromatic rings. The summed E-state index contributed by atoms with van der Waals surface area (Å²) in [6.07, 6.45) is 1.90. The molecular weight excluding hydrogens is 328 g/mol. The highest BCUT2D eigenvalue weighted by molar-refractivity contribution is 5.77. The van der Waals surface area contributed by atoms with Crippen LogP contribution in [0.3, 0.4) is 0 Å². The minimum absolute atomic E-state index is 0.118. The van der Waals surface area contributed by atoms with E-state index < -0.39 is 4.92 Å². The predicted octanol–water partition coefficient (Wildman–Crippen LogP) is 2.30. The van der Waals surface area contributed by atoms with Crippen molar-refractivity contribution < 1.29 is 19.2 Å². The molecule has 1 amide bonds. The normalized spacial score (nSPS) is 9.96. The van der Waals surface area contributed by atoms with Crippen molar-refractivity contribution in [1.29, 1.82) is 0 Å². The van der Waals surface area contributed by atoms with Crippen molar-refractivity contribution in [3.05, 3.63) is 52.7 Å². The van der Waals surface area contributed by atoms with Crippen molar-refractivity contribution in [3.63, 3.8) is 0 Å². The van der Waals surface area contributed by atoms with Gasteiger partial charge in [0, 0.05) is 12.5 Å². The second-order valence-electron chi connectivity index (χ2n) is 4.96. The van der Waals surface area contributed by atoms with Crippen LogP contribution in [0.5, 0.6) is 11.5 Å². The Kier molecular flexibility index (Phi) is 6.52. The molecular formula is C16H18N4O5. The molecule has 0 saturated carbocycles. The number of nitrogens with one attached hydrogen (secondary N) is 2. The summed E-state index contributed by atoms with van der Waals surface area (Å²) in [6, 6.07) is 9.88. The maximum absolute atomic E-state index is 11.7. The van der Waals surface area contributed by atoms with E-state index in [1.807, 2.05) is 0 Å². The molecule has 1 heterocycles. The number of nitro groups is 1. The lowest BCUT2D eigenvalue weighted by atomic mass is 10.3. The van der Waals surface area contributed by atoms with E-state index >= 15 is 0 Å². The third-order valence-corrected chi connectivity index (χ3v) is 3.17. The van der Waals surface area contributed by atoms with Gasteiger partial charge in [-0.1, -0.05) is 0 Å². The molecule has 1 aromatic heterocycles. The van der Waals surface area contributed by atoms with Crippen LogP contribution < -0.4 is 20.3 Å². The molecule has 0 atom stereocenters. The zero-order chi connectivity index (χ0) is 18.1. The van der Waals surface area contributed by atoms with Gasteiger partial charge in [0.15, 0.2) is 0 Å². The van der Waals surface area contributed by atoms with Crippen LogP contribution in [0.25, 0.3) is 0 Å². The number of anilines is 1. The number of aromatic nitrogens is 1. The quantitative estimate of drug-likeness (QED) is 0.406. The van der Waals surface area contributed by atoms with Crippen molar-refractivity contribution in [2.75, 3.05) is 19.1 Å². The number of carbonyl (C=O) groups excluding carboxylic acids is 1. The first-order valence-corrected chi connectivity index (χ1v) is 7.50. The second-order valence-corrected chi connectivity index (χ2v) is 4.96. The standard InChI is InChI=1S/C16H18N4O5/c1-24-13-5-7-14(8-6-13)25-10-2-3-16(21)19-18-15-9-4-12(11-17-15)20(22)23/h4-9,11H,2-3,10H2,1H3,(H,17,18)(H,19,21). The van der Waals surface area contributed by atoms with E-state index in [-0.39, 0.29) is 18.0 Å². The summed E-state index contributed by atoms with van der Waals surface area (Å²) in [5, 5.41) is 10.5. The van der Waals surface area contributed by atoms with Gasteiger partial charge in [0.05, 0.1) is 18.6 Å². The SMILES string of the molecule is COc1ccc(OCCCC(=O)NNc2ccc([N+](=O)[O-])cn2)cc1. The van der Waals surface area contributed by atoms with Crippen molar-refractivity contribution in [3.8, 4) is 11.5 Å². The number of ether oxygens (including phenoxy) is 2. The number of hydrogen-bond acceptors (Lipinski definition) is 7. The first-order chi connectivity index (χ1) is 12.1. The Labute approximate surface area is 144 Å². The Morgan fingerprint density at radius 3 is 2.52 bits per heavy atom. The molecule has 1 aromatic carbocycles. The zero-order valence-corrected chi connectivity index (χ0v) is 13.6. The topological polar surface area (TPSA) is 116 Å². The molecule has 9 nitrogen and oxygen atoms in total. The lowest BCUT2D eigenvalue weighted by molar-refractivity contribution is -0.385. The second kappa shape index (κ2) is 9.06. The van der Waals surface area contributed by atoms with E-state index in [1.165, 1.54) is 12.1 Å². The van der Waals surface area contributed by atoms with E-state index in [2.05, 4.69) is 15.8 Å². The maximum atomic E-state index is 11.7. The average molecular weight is 346 g/mol. The Bertz CT molecular complexity index is 703. The van der Waals surface area contributed by atoms with Gasteiger partial charge in [0.2, 0.25) is 5.91 Å². The summed E-state index contributed by atoms with van der Waals surface area (Å²) in [5.74, 6) is 1.53. The van der Waals surface area contributed by atoms with Crippen molar-refractivity contribution in [2.45, 2.75) is 12.8 Å². The van der Waals surface area contributed by atoms with Gasteiger partial charge in [-0.25, -0.2) is 4.98 Å². The van der Waals surface area contributed by atoms with Crippen molar-refractivity contribution in [2.24, 2.45) is 0 Å². The van der Waals surface area contributed by atoms with Gasteiger partial charge < -0.3 is 9.47 Å². The monoisotopic (exact) mass is 346 g/mol. The number of carbonyl (C=O) groups is 1. The molecule has 0 bridgehead atoms. The summed E-state index contributed by atoms with van der Waals surface area (Å²) < 4.78 is 10.6. The fourth-order valence-electron chi connectivity index (χ4n) is 1.86. The van der Waals surface area contributed by atoms with E-state index in [9.17, 15) is 14.9 Å². The van der Waals surface area contributed by atoms with E-state index in [0.717, 1.165) is 11.9 Å². The molecule has 0 saturated heterocycles. The van der Waals surface area contributed by atoms with Crippen LogP contribution >= 0.6 is 0 Å². The summed E-state index contributed by atoms with van der Waals surface area (Å²) in [5.41, 5.74) is 4.94. The van der Waals surface area contributed by atoms with Gasteiger partial charge >= 0.3 is 0 Å². The first-order valence-electron chi connectivity index (χ1n) is 7.50. The number of benzene rings is 1. The molecule has 132 valence electrons. The molecule has 0 aliphatic rings. The molecule has 2 N–H and O–H groups in total. The van der Waals surface area contributed by atoms with E-state index in [4.69, 9.17) is 9.47 Å². The Hall–Kier alpha value is -3.36. The van der Waals surface area contributed by atoms with Crippen LogP contribution in [0.15, 0.2) is 42.6 Å². The number of methoxy groups -OCH3 is 1. The summed E-state index contributed by atoms with van der Waals surface area (Å²) in [6.45, 7) is 0.398. The Morgan fingerprint density at radius 2 is 1.92 bits per heavy atom. The number of hydrogen-bond donors (Lipinski definition) is 2. The number of hydrazine groups is 1. The van der Waals surface area contributed by atoms with E-state index in [0.29, 0.717) is 24.6 Å². The molecule has 0 fully saturated rings. The number of pyridine rings is 1. The van der Waals surface area contributed by atoms with Gasteiger partial charge in [-0.05, 0) is 36.8 Å². The molecule has 0 aliphatic carbocycles. The molecule has 0 spiro atoms. The highest BCUT2D eigenvalue weighted by Crippen LogP contribution is 2.17. The highest BCUT2D eigenvalue weighted by atomic mass is 16.6. The largest absolute Gasteiger partial charge is 0.497 e. The van der Waals surface area contributed by atoms with Crippen molar-refractivity contribution in [1.82, 2.24) is 10.4 Å². The molecule has 2 rings (SSSR count). The molecule has 9 heteroatoms. The van der Waals surface area contributed by atoms with Crippen LogP contribution in [0.1, 0.15) is 12.8 Å². The molecule has 25 heavy (non-hydrogen) atoms. The fraction of sp³-hybridized carbons (Fsp3) is 0.250. The van der Waals surface area contributed by atoms with Gasteiger partial charge in [-0.15, -0.1) is 0 Å². The van der Waals surface area contributed by atoms with Gasteiger partial charge in [0.1, 0.15) is 23.5 Å². The average Bonchev–Trinajstić information content (AvgIpc) is 2.64. The Morgan fingerprint density at radius 1 is 1.20 bits per heavy atom. The third kappa shape index (κ3) is 5.98. The Balaban J connectivity index is 1.64. The third-order valence-electron chi connectivity index (χ3n) is 3.17. The molecule has 0 radical (unpaired) electrons. The summed E-state index contributed by atoms with van der Waals surface area (Å²) in [4.78, 5) is 25.5. The summed E-state index contributed by atoms with van der Waals surface area (Å²) >= 11 is 0. The van der Waals surface area contributed by atoms with Crippen LogP contribution in [-0.2, 0) is 4.79 Å². The smallest absolute Gasteiger partial charge is 0.287 e.